The summed E-state index contributed by atoms with van der Waals surface area (Å²) in [4.78, 5) is 26.9. The van der Waals surface area contributed by atoms with Crippen LogP contribution in [0.1, 0.15) is 52.4 Å². The van der Waals surface area contributed by atoms with Gasteiger partial charge in [-0.1, -0.05) is 0 Å². The lowest BCUT2D eigenvalue weighted by atomic mass is 10.1. The van der Waals surface area contributed by atoms with E-state index in [0.717, 1.165) is 6.42 Å². The molecule has 0 aliphatic heterocycles. The van der Waals surface area contributed by atoms with Crippen LogP contribution >= 0.6 is 0 Å². The molecule has 1 aromatic heterocycles. The van der Waals surface area contributed by atoms with E-state index in [4.69, 9.17) is 9.47 Å². The van der Waals surface area contributed by atoms with Gasteiger partial charge in [-0.15, -0.1) is 0 Å². The molecule has 0 fully saturated rings. The van der Waals surface area contributed by atoms with Gasteiger partial charge in [-0.05, 0) is 39.7 Å². The first-order valence-electron chi connectivity index (χ1n) is 7.25. The average molecular weight is 296 g/mol. The first-order chi connectivity index (χ1) is 10.0. The molecule has 118 valence electrons. The Labute approximate surface area is 125 Å². The average Bonchev–Trinajstić information content (AvgIpc) is 2.74. The van der Waals surface area contributed by atoms with E-state index < -0.39 is 5.97 Å². The molecule has 0 aromatic carbocycles. The molecule has 0 spiro atoms. The molecule has 0 unspecified atom stereocenters. The molecule has 0 aliphatic carbocycles. The van der Waals surface area contributed by atoms with Crippen LogP contribution in [0.25, 0.3) is 0 Å². The number of carbonyl (C=O) groups excluding carboxylic acids is 2. The summed E-state index contributed by atoms with van der Waals surface area (Å²) in [5, 5.41) is 2.81. The molecule has 1 rings (SSSR count). The van der Waals surface area contributed by atoms with E-state index in [1.54, 1.807) is 20.8 Å². The van der Waals surface area contributed by atoms with E-state index in [-0.39, 0.29) is 5.91 Å². The monoisotopic (exact) mass is 296 g/mol. The summed E-state index contributed by atoms with van der Waals surface area (Å²) in [5.41, 5.74) is 2.11. The predicted molar refractivity (Wildman–Crippen MR) is 79.7 cm³/mol. The fraction of sp³-hybridized carbons (Fsp3) is 0.600. The van der Waals surface area contributed by atoms with E-state index in [1.165, 1.54) is 0 Å². The molecule has 1 heterocycles. The minimum Gasteiger partial charge on any atom is -0.462 e. The van der Waals surface area contributed by atoms with Crippen molar-refractivity contribution in [1.29, 1.82) is 0 Å². The van der Waals surface area contributed by atoms with Gasteiger partial charge in [-0.2, -0.15) is 0 Å². The molecule has 6 heteroatoms. The smallest absolute Gasteiger partial charge is 0.340 e. The van der Waals surface area contributed by atoms with Crippen molar-refractivity contribution in [2.75, 3.05) is 26.4 Å². The number of nitrogens with one attached hydrogen (secondary N) is 2. The molecule has 2 N–H and O–H groups in total. The van der Waals surface area contributed by atoms with E-state index in [1.807, 2.05) is 6.92 Å². The summed E-state index contributed by atoms with van der Waals surface area (Å²) in [7, 11) is 0. The van der Waals surface area contributed by atoms with Crippen LogP contribution < -0.4 is 5.32 Å². The van der Waals surface area contributed by atoms with Crippen molar-refractivity contribution in [2.45, 2.75) is 34.1 Å². The Kier molecular flexibility index (Phi) is 6.94. The van der Waals surface area contributed by atoms with E-state index in [2.05, 4.69) is 10.3 Å². The molecule has 1 amide bonds. The Bertz CT molecular complexity index is 494. The highest BCUT2D eigenvalue weighted by Gasteiger charge is 2.22. The van der Waals surface area contributed by atoms with Crippen LogP contribution in [-0.4, -0.2) is 43.2 Å². The SMILES string of the molecule is CCOCCCNC(=O)c1[nH]c(C)c(C(=O)OCC)c1C. The van der Waals surface area contributed by atoms with Crippen molar-refractivity contribution in [3.8, 4) is 0 Å². The van der Waals surface area contributed by atoms with Gasteiger partial charge in [-0.3, -0.25) is 4.79 Å². The van der Waals surface area contributed by atoms with Gasteiger partial charge in [0, 0.05) is 25.5 Å². The molecule has 6 nitrogen and oxygen atoms in total. The Morgan fingerprint density at radius 3 is 2.52 bits per heavy atom. The Hall–Kier alpha value is -1.82. The van der Waals surface area contributed by atoms with Crippen molar-refractivity contribution < 1.29 is 19.1 Å². The molecule has 0 atom stereocenters. The Balaban J connectivity index is 2.69. The number of hydrogen-bond acceptors (Lipinski definition) is 4. The maximum atomic E-state index is 12.1. The van der Waals surface area contributed by atoms with Gasteiger partial charge in [-0.25, -0.2) is 4.79 Å². The quantitative estimate of drug-likeness (QED) is 0.567. The number of carbonyl (C=O) groups is 2. The second kappa shape index (κ2) is 8.46. The lowest BCUT2D eigenvalue weighted by molar-refractivity contribution is 0.0525. The lowest BCUT2D eigenvalue weighted by Gasteiger charge is -2.05. The molecular weight excluding hydrogens is 272 g/mol. The van der Waals surface area contributed by atoms with E-state index in [9.17, 15) is 9.59 Å². The molecule has 0 bridgehead atoms. The van der Waals surface area contributed by atoms with Gasteiger partial charge in [0.05, 0.1) is 12.2 Å². The summed E-state index contributed by atoms with van der Waals surface area (Å²) in [5.74, 6) is -0.623. The van der Waals surface area contributed by atoms with Crippen LogP contribution in [0, 0.1) is 13.8 Å². The van der Waals surface area contributed by atoms with Gasteiger partial charge in [0.2, 0.25) is 0 Å². The highest BCUT2D eigenvalue weighted by atomic mass is 16.5. The van der Waals surface area contributed by atoms with Crippen LogP contribution in [-0.2, 0) is 9.47 Å². The van der Waals surface area contributed by atoms with Gasteiger partial charge < -0.3 is 19.8 Å². The number of esters is 1. The summed E-state index contributed by atoms with van der Waals surface area (Å²) in [6, 6.07) is 0. The van der Waals surface area contributed by atoms with Crippen molar-refractivity contribution in [2.24, 2.45) is 0 Å². The van der Waals surface area contributed by atoms with E-state index in [0.29, 0.717) is 48.9 Å². The molecule has 0 aliphatic rings. The van der Waals surface area contributed by atoms with Crippen molar-refractivity contribution in [3.63, 3.8) is 0 Å². The number of H-pyrrole nitrogens is 1. The normalized spacial score (nSPS) is 10.5. The third-order valence-corrected chi connectivity index (χ3v) is 3.10. The Morgan fingerprint density at radius 2 is 1.90 bits per heavy atom. The summed E-state index contributed by atoms with van der Waals surface area (Å²) in [6.45, 7) is 9.31. The second-order valence-electron chi connectivity index (χ2n) is 4.65. The fourth-order valence-corrected chi connectivity index (χ4v) is 2.10. The van der Waals surface area contributed by atoms with Gasteiger partial charge in [0.15, 0.2) is 0 Å². The van der Waals surface area contributed by atoms with Gasteiger partial charge >= 0.3 is 5.97 Å². The number of rotatable bonds is 8. The number of aryl methyl sites for hydroxylation is 1. The second-order valence-corrected chi connectivity index (χ2v) is 4.65. The molecular formula is C15H24N2O4. The summed E-state index contributed by atoms with van der Waals surface area (Å²) in [6.07, 6.45) is 0.753. The van der Waals surface area contributed by atoms with Crippen LogP contribution in [0.15, 0.2) is 0 Å². The van der Waals surface area contributed by atoms with Crippen LogP contribution in [0.4, 0.5) is 0 Å². The van der Waals surface area contributed by atoms with Gasteiger partial charge in [0.25, 0.3) is 5.91 Å². The third kappa shape index (κ3) is 4.60. The lowest BCUT2D eigenvalue weighted by Crippen LogP contribution is -2.26. The van der Waals surface area contributed by atoms with Crippen molar-refractivity contribution in [1.82, 2.24) is 10.3 Å². The van der Waals surface area contributed by atoms with Crippen molar-refractivity contribution >= 4 is 11.9 Å². The molecule has 21 heavy (non-hydrogen) atoms. The zero-order valence-corrected chi connectivity index (χ0v) is 13.2. The zero-order valence-electron chi connectivity index (χ0n) is 13.2. The number of aromatic nitrogens is 1. The molecule has 1 aromatic rings. The van der Waals surface area contributed by atoms with Crippen molar-refractivity contribution in [3.05, 3.63) is 22.5 Å². The minimum atomic E-state index is -0.404. The summed E-state index contributed by atoms with van der Waals surface area (Å²) < 4.78 is 10.2. The zero-order chi connectivity index (χ0) is 15.8. The molecule has 0 saturated heterocycles. The highest BCUT2D eigenvalue weighted by molar-refractivity contribution is 6.00. The maximum Gasteiger partial charge on any atom is 0.340 e. The molecule has 0 saturated carbocycles. The largest absolute Gasteiger partial charge is 0.462 e. The number of amides is 1. The highest BCUT2D eigenvalue weighted by Crippen LogP contribution is 2.18. The van der Waals surface area contributed by atoms with Crippen LogP contribution in [0.3, 0.4) is 0 Å². The number of ether oxygens (including phenoxy) is 2. The first kappa shape index (κ1) is 17.2. The molecule has 0 radical (unpaired) electrons. The maximum absolute atomic E-state index is 12.1. The van der Waals surface area contributed by atoms with Crippen LogP contribution in [0.5, 0.6) is 0 Å². The Morgan fingerprint density at radius 1 is 1.19 bits per heavy atom. The fourth-order valence-electron chi connectivity index (χ4n) is 2.10. The predicted octanol–water partition coefficient (Wildman–Crippen LogP) is 1.96. The number of hydrogen-bond donors (Lipinski definition) is 2. The van der Waals surface area contributed by atoms with E-state index >= 15 is 0 Å². The van der Waals surface area contributed by atoms with Crippen LogP contribution in [0.2, 0.25) is 0 Å². The summed E-state index contributed by atoms with van der Waals surface area (Å²) >= 11 is 0. The number of aromatic amines is 1. The third-order valence-electron chi connectivity index (χ3n) is 3.10. The minimum absolute atomic E-state index is 0.220. The topological polar surface area (TPSA) is 80.4 Å². The first-order valence-corrected chi connectivity index (χ1v) is 7.25. The standard InChI is InChI=1S/C15H24N2O4/c1-5-20-9-7-8-16-14(18)13-10(3)12(11(4)17-13)15(19)21-6-2/h17H,5-9H2,1-4H3,(H,16,18). The van der Waals surface area contributed by atoms with Gasteiger partial charge in [0.1, 0.15) is 5.69 Å².